The largest absolute Gasteiger partial charge is 0.384 e. The topological polar surface area (TPSA) is 160 Å². The average Bonchev–Trinajstić information content (AvgIpc) is 3.39. The third-order valence-electron chi connectivity index (χ3n) is 13.4. The van der Waals surface area contributed by atoms with Crippen molar-refractivity contribution < 1.29 is 18.0 Å². The van der Waals surface area contributed by atoms with Gasteiger partial charge in [0, 0.05) is 135 Å². The van der Waals surface area contributed by atoms with E-state index in [0.29, 0.717) is 50.4 Å². The summed E-state index contributed by atoms with van der Waals surface area (Å²) in [7, 11) is -3.11. The average molecular weight is 970 g/mol. The number of nitrogens with zero attached hydrogens (tertiary/aromatic N) is 9. The summed E-state index contributed by atoms with van der Waals surface area (Å²) in [6, 6.07) is 23.4. The highest BCUT2D eigenvalue weighted by molar-refractivity contribution is 7.88. The van der Waals surface area contributed by atoms with E-state index in [1.54, 1.807) is 16.7 Å². The van der Waals surface area contributed by atoms with Crippen molar-refractivity contribution in [1.29, 1.82) is 0 Å². The number of nitrogens with one attached hydrogen (secondary N) is 2. The minimum Gasteiger partial charge on any atom is -0.384 e. The predicted molar refractivity (Wildman–Crippen MR) is 284 cm³/mol. The van der Waals surface area contributed by atoms with Crippen molar-refractivity contribution in [3.63, 3.8) is 0 Å². The van der Waals surface area contributed by atoms with E-state index in [1.807, 2.05) is 117 Å². The molecule has 0 radical (unpaired) electrons. The second-order valence-electron chi connectivity index (χ2n) is 18.0. The molecule has 0 saturated carbocycles. The Hall–Kier alpha value is -6.07. The van der Waals surface area contributed by atoms with Crippen molar-refractivity contribution in [2.24, 2.45) is 0 Å². The molecule has 2 N–H and O–H groups in total. The summed E-state index contributed by atoms with van der Waals surface area (Å²) in [6.45, 7) is 19.6. The van der Waals surface area contributed by atoms with Gasteiger partial charge in [-0.25, -0.2) is 18.4 Å². The van der Waals surface area contributed by atoms with E-state index in [2.05, 4.69) is 36.5 Å². The van der Waals surface area contributed by atoms with Crippen LogP contribution in [0.1, 0.15) is 80.5 Å². The monoisotopic (exact) mass is 970 g/mol. The maximum absolute atomic E-state index is 12.7. The van der Waals surface area contributed by atoms with Crippen molar-refractivity contribution >= 4 is 55.0 Å². The molecule has 2 aliphatic heterocycles. The first-order valence-electron chi connectivity index (χ1n) is 25.2. The predicted octanol–water partition coefficient (Wildman–Crippen LogP) is 8.22. The van der Waals surface area contributed by atoms with E-state index in [0.717, 1.165) is 108 Å². The van der Waals surface area contributed by atoms with E-state index in [4.69, 9.17) is 9.97 Å². The van der Waals surface area contributed by atoms with Crippen LogP contribution in [0.3, 0.4) is 0 Å². The number of carbonyl (C=O) groups is 2. The first-order valence-corrected chi connectivity index (χ1v) is 27.0. The van der Waals surface area contributed by atoms with Crippen LogP contribution >= 0.6 is 0 Å². The Morgan fingerprint density at radius 1 is 0.571 bits per heavy atom. The molecule has 4 aromatic heterocycles. The first kappa shape index (κ1) is 51.8. The highest BCUT2D eigenvalue weighted by atomic mass is 32.2. The van der Waals surface area contributed by atoms with Crippen molar-refractivity contribution in [3.05, 3.63) is 109 Å². The number of carbonyl (C=O) groups excluding carboxylic acids is 2. The van der Waals surface area contributed by atoms with Gasteiger partial charge in [-0.2, -0.15) is 4.31 Å². The number of piperidine rings is 1. The fourth-order valence-electron chi connectivity index (χ4n) is 9.20. The van der Waals surface area contributed by atoms with Crippen LogP contribution < -0.4 is 10.6 Å². The quantitative estimate of drug-likeness (QED) is 0.0751. The number of aromatic nitrogens is 4. The van der Waals surface area contributed by atoms with Crippen LogP contribution in [-0.4, -0.2) is 162 Å². The SMILES string of the molecule is CCN(CC)C(=O)c1ccc(-c2cc(NCCCN3CCCCC3)c3cnccc3n2)cc1.CCN(CC)C(=O)c1ccc(-c2cc(NCCCN3CCN(S(C)(=O)=O)CC3)c3cnccc3n2)cc1. The first-order chi connectivity index (χ1) is 34.0. The van der Waals surface area contributed by atoms with E-state index >= 15 is 0 Å². The molecule has 0 atom stereocenters. The lowest BCUT2D eigenvalue weighted by atomic mass is 10.1. The number of pyridine rings is 4. The van der Waals surface area contributed by atoms with Crippen LogP contribution in [0, 0.1) is 0 Å². The smallest absolute Gasteiger partial charge is 0.253 e. The molecular formula is C54H71N11O4S. The van der Waals surface area contributed by atoms with Crippen LogP contribution in [0.5, 0.6) is 0 Å². The van der Waals surface area contributed by atoms with Gasteiger partial charge in [0.25, 0.3) is 11.8 Å². The van der Waals surface area contributed by atoms with Gasteiger partial charge in [-0.3, -0.25) is 19.6 Å². The van der Waals surface area contributed by atoms with Crippen LogP contribution in [0.4, 0.5) is 11.4 Å². The van der Waals surface area contributed by atoms with Crippen molar-refractivity contribution in [2.75, 3.05) is 109 Å². The summed E-state index contributed by atoms with van der Waals surface area (Å²) >= 11 is 0. The van der Waals surface area contributed by atoms with Crippen molar-refractivity contribution in [2.45, 2.75) is 59.8 Å². The summed E-state index contributed by atoms with van der Waals surface area (Å²) in [5.41, 5.74) is 8.87. The zero-order valence-corrected chi connectivity index (χ0v) is 42.6. The van der Waals surface area contributed by atoms with Crippen LogP contribution in [0.2, 0.25) is 0 Å². The molecular weight excluding hydrogens is 899 g/mol. The minimum absolute atomic E-state index is 0.0363. The van der Waals surface area contributed by atoms with Gasteiger partial charge in [0.1, 0.15) is 0 Å². The molecule has 15 nitrogen and oxygen atoms in total. The van der Waals surface area contributed by atoms with E-state index in [9.17, 15) is 18.0 Å². The maximum atomic E-state index is 12.7. The molecule has 0 aliphatic carbocycles. The number of anilines is 2. The Morgan fingerprint density at radius 3 is 1.39 bits per heavy atom. The van der Waals surface area contributed by atoms with E-state index in [1.165, 1.54) is 38.6 Å². The molecule has 0 bridgehead atoms. The van der Waals surface area contributed by atoms with Gasteiger partial charge in [0.2, 0.25) is 10.0 Å². The molecule has 372 valence electrons. The van der Waals surface area contributed by atoms with E-state index < -0.39 is 10.0 Å². The normalized spacial score (nSPS) is 14.8. The lowest BCUT2D eigenvalue weighted by molar-refractivity contribution is 0.0765. The highest BCUT2D eigenvalue weighted by Gasteiger charge is 2.23. The molecule has 2 saturated heterocycles. The molecule has 2 amide bonds. The number of likely N-dealkylation sites (tertiary alicyclic amines) is 1. The standard InChI is InChI=1S/C27H36N6O3S.C27H35N5O/c1-4-32(5-2)27(34)22-9-7-21(8-10-22)25-19-26(23-20-28-13-11-24(23)30-25)29-12-6-14-31-15-17-33(18-16-31)37(3,35)36;1-3-32(4-2)27(33)22-11-9-21(10-12-22)25-19-26(23-20-28-15-13-24(23)30-25)29-14-8-18-31-16-6-5-7-17-31/h7-11,13,19-20H,4-6,12,14-18H2,1-3H3,(H,29,30);9-13,15,19-20H,3-8,14,16-18H2,1-2H3,(H,29,30). The number of hydrogen-bond acceptors (Lipinski definition) is 12. The van der Waals surface area contributed by atoms with Crippen LogP contribution in [-0.2, 0) is 10.0 Å². The third kappa shape index (κ3) is 13.6. The molecule has 16 heteroatoms. The number of rotatable bonds is 19. The fourth-order valence-corrected chi connectivity index (χ4v) is 10.0. The molecule has 8 rings (SSSR count). The number of sulfonamides is 1. The van der Waals surface area contributed by atoms with Gasteiger partial charge in [0.15, 0.2) is 0 Å². The highest BCUT2D eigenvalue weighted by Crippen LogP contribution is 2.30. The van der Waals surface area contributed by atoms with Crippen LogP contribution in [0.25, 0.3) is 44.3 Å². The van der Waals surface area contributed by atoms with Gasteiger partial charge in [-0.1, -0.05) is 30.7 Å². The minimum atomic E-state index is -3.11. The Labute approximate surface area is 414 Å². The van der Waals surface area contributed by atoms with Crippen LogP contribution in [0.15, 0.2) is 97.6 Å². The zero-order chi connectivity index (χ0) is 49.5. The number of hydrogen-bond donors (Lipinski definition) is 2. The van der Waals surface area contributed by atoms with Gasteiger partial charge >= 0.3 is 0 Å². The number of benzene rings is 2. The Kier molecular flexibility index (Phi) is 18.6. The zero-order valence-electron chi connectivity index (χ0n) is 41.7. The molecule has 70 heavy (non-hydrogen) atoms. The number of amides is 2. The molecule has 6 heterocycles. The number of piperazine rings is 1. The Bertz CT molecular complexity index is 2750. The van der Waals surface area contributed by atoms with Gasteiger partial charge in [0.05, 0.1) is 28.7 Å². The Morgan fingerprint density at radius 2 is 0.986 bits per heavy atom. The summed E-state index contributed by atoms with van der Waals surface area (Å²) in [5.74, 6) is 0.106. The lowest BCUT2D eigenvalue weighted by Crippen LogP contribution is -2.48. The Balaban J connectivity index is 0.000000208. The molecule has 0 spiro atoms. The van der Waals surface area contributed by atoms with Gasteiger partial charge < -0.3 is 30.2 Å². The lowest BCUT2D eigenvalue weighted by Gasteiger charge is -2.33. The van der Waals surface area contributed by atoms with Gasteiger partial charge in [-0.15, -0.1) is 0 Å². The third-order valence-corrected chi connectivity index (χ3v) is 14.7. The summed E-state index contributed by atoms with van der Waals surface area (Å²) in [5, 5.41) is 9.18. The van der Waals surface area contributed by atoms with Gasteiger partial charge in [-0.05, 0) is 128 Å². The maximum Gasteiger partial charge on any atom is 0.253 e. The molecule has 2 fully saturated rings. The molecule has 2 aliphatic rings. The summed E-state index contributed by atoms with van der Waals surface area (Å²) in [6.07, 6.45) is 14.6. The fraction of sp³-hybridized carbons (Fsp3) is 0.444. The summed E-state index contributed by atoms with van der Waals surface area (Å²) < 4.78 is 25.0. The molecule has 2 aromatic carbocycles. The second kappa shape index (κ2) is 25.2. The summed E-state index contributed by atoms with van der Waals surface area (Å²) in [4.78, 5) is 52.1. The van der Waals surface area contributed by atoms with Crippen molar-refractivity contribution in [3.8, 4) is 22.5 Å². The number of fused-ring (bicyclic) bond motifs is 2. The second-order valence-corrected chi connectivity index (χ2v) is 20.0. The van der Waals surface area contributed by atoms with Crippen molar-refractivity contribution in [1.82, 2.24) is 43.8 Å². The molecule has 0 unspecified atom stereocenters. The van der Waals surface area contributed by atoms with E-state index in [-0.39, 0.29) is 11.8 Å². The molecule has 6 aromatic rings.